The third kappa shape index (κ3) is 4.07. The van der Waals surface area contributed by atoms with Gasteiger partial charge in [0.15, 0.2) is 0 Å². The molecule has 1 aliphatic rings. The number of rotatable bonds is 3. The van der Waals surface area contributed by atoms with Gasteiger partial charge in [-0.3, -0.25) is 9.59 Å². The summed E-state index contributed by atoms with van der Waals surface area (Å²) >= 11 is 0. The number of piperidine rings is 1. The van der Waals surface area contributed by atoms with Gasteiger partial charge >= 0.3 is 0 Å². The number of halogens is 2. The molecule has 0 bridgehead atoms. The van der Waals surface area contributed by atoms with Crippen LogP contribution in [0.2, 0.25) is 0 Å². The fourth-order valence-electron chi connectivity index (χ4n) is 3.07. The van der Waals surface area contributed by atoms with Gasteiger partial charge in [-0.05, 0) is 61.7 Å². The molecule has 0 spiro atoms. The second-order valence-corrected chi connectivity index (χ2v) is 6.55. The largest absolute Gasteiger partial charge is 0.338 e. The van der Waals surface area contributed by atoms with Gasteiger partial charge < -0.3 is 10.2 Å². The Hall–Kier alpha value is -2.76. The summed E-state index contributed by atoms with van der Waals surface area (Å²) in [6.45, 7) is 2.50. The monoisotopic (exact) mass is 358 g/mol. The van der Waals surface area contributed by atoms with Crippen molar-refractivity contribution in [2.24, 2.45) is 5.92 Å². The molecule has 0 radical (unpaired) electrons. The van der Waals surface area contributed by atoms with E-state index in [0.29, 0.717) is 36.2 Å². The van der Waals surface area contributed by atoms with E-state index in [1.165, 1.54) is 30.3 Å². The zero-order chi connectivity index (χ0) is 18.7. The Balaban J connectivity index is 1.65. The van der Waals surface area contributed by atoms with Crippen molar-refractivity contribution in [3.8, 4) is 0 Å². The van der Waals surface area contributed by atoms with Gasteiger partial charge in [-0.1, -0.05) is 6.07 Å². The number of benzene rings is 2. The first-order chi connectivity index (χ1) is 12.4. The van der Waals surface area contributed by atoms with Gasteiger partial charge in [-0.15, -0.1) is 0 Å². The number of likely N-dealkylation sites (tertiary alicyclic amines) is 1. The second-order valence-electron chi connectivity index (χ2n) is 6.55. The van der Waals surface area contributed by atoms with Crippen LogP contribution < -0.4 is 5.32 Å². The molecule has 1 aliphatic heterocycles. The molecule has 1 unspecified atom stereocenters. The molecule has 0 aliphatic carbocycles. The number of carbonyl (C=O) groups is 2. The van der Waals surface area contributed by atoms with Crippen molar-refractivity contribution < 1.29 is 18.4 Å². The summed E-state index contributed by atoms with van der Waals surface area (Å²) in [5.41, 5.74) is 1.31. The Labute approximate surface area is 150 Å². The molecule has 26 heavy (non-hydrogen) atoms. The van der Waals surface area contributed by atoms with Crippen LogP contribution in [0.15, 0.2) is 42.5 Å². The maximum absolute atomic E-state index is 13.6. The number of aryl methyl sites for hydroxylation is 1. The highest BCUT2D eigenvalue weighted by molar-refractivity contribution is 5.96. The molecule has 2 aromatic rings. The van der Waals surface area contributed by atoms with Gasteiger partial charge in [0.25, 0.3) is 5.91 Å². The van der Waals surface area contributed by atoms with E-state index in [1.54, 1.807) is 24.0 Å². The fourth-order valence-corrected chi connectivity index (χ4v) is 3.07. The minimum Gasteiger partial charge on any atom is -0.338 e. The summed E-state index contributed by atoms with van der Waals surface area (Å²) in [7, 11) is 0. The summed E-state index contributed by atoms with van der Waals surface area (Å²) in [6, 6.07) is 9.92. The minimum atomic E-state index is -0.400. The molecule has 2 aromatic carbocycles. The molecule has 6 heteroatoms. The molecule has 1 saturated heterocycles. The molecular formula is C20H20F2N2O2. The maximum Gasteiger partial charge on any atom is 0.253 e. The van der Waals surface area contributed by atoms with Crippen molar-refractivity contribution in [3.05, 3.63) is 65.2 Å². The molecule has 3 rings (SSSR count). The number of amides is 2. The number of anilines is 1. The lowest BCUT2D eigenvalue weighted by atomic mass is 9.96. The average Bonchev–Trinajstić information content (AvgIpc) is 2.65. The first-order valence-corrected chi connectivity index (χ1v) is 8.56. The summed E-state index contributed by atoms with van der Waals surface area (Å²) in [6.07, 6.45) is 1.36. The van der Waals surface area contributed by atoms with Gasteiger partial charge in [-0.25, -0.2) is 8.78 Å². The summed E-state index contributed by atoms with van der Waals surface area (Å²) in [4.78, 5) is 26.6. The van der Waals surface area contributed by atoms with Crippen molar-refractivity contribution in [1.82, 2.24) is 4.90 Å². The Kier molecular flexibility index (Phi) is 5.30. The number of nitrogens with zero attached hydrogens (tertiary/aromatic N) is 1. The highest BCUT2D eigenvalue weighted by atomic mass is 19.1. The molecule has 1 heterocycles. The van der Waals surface area contributed by atoms with E-state index in [0.717, 1.165) is 0 Å². The van der Waals surface area contributed by atoms with Gasteiger partial charge in [0.1, 0.15) is 11.6 Å². The van der Waals surface area contributed by atoms with Crippen LogP contribution in [0.1, 0.15) is 28.8 Å². The van der Waals surface area contributed by atoms with Crippen LogP contribution in [-0.4, -0.2) is 29.8 Å². The second kappa shape index (κ2) is 7.64. The molecule has 1 N–H and O–H groups in total. The zero-order valence-electron chi connectivity index (χ0n) is 14.5. The average molecular weight is 358 g/mol. The van der Waals surface area contributed by atoms with Gasteiger partial charge in [0.2, 0.25) is 5.91 Å². The first kappa shape index (κ1) is 18.0. The lowest BCUT2D eigenvalue weighted by Crippen LogP contribution is -2.43. The highest BCUT2D eigenvalue weighted by Gasteiger charge is 2.29. The first-order valence-electron chi connectivity index (χ1n) is 8.56. The molecule has 1 fully saturated rings. The van der Waals surface area contributed by atoms with Crippen molar-refractivity contribution in [1.29, 1.82) is 0 Å². The van der Waals surface area contributed by atoms with Gasteiger partial charge in [-0.2, -0.15) is 0 Å². The third-order valence-corrected chi connectivity index (χ3v) is 4.61. The molecule has 2 amide bonds. The van der Waals surface area contributed by atoms with E-state index in [4.69, 9.17) is 0 Å². The standard InChI is InChI=1S/C20H20F2N2O2/c1-13-4-9-17(11-18(13)22)23-19(25)15-3-2-10-24(12-15)20(26)14-5-7-16(21)8-6-14/h4-9,11,15H,2-3,10,12H2,1H3,(H,23,25). The normalized spacial score (nSPS) is 17.0. The van der Waals surface area contributed by atoms with E-state index in [-0.39, 0.29) is 30.1 Å². The van der Waals surface area contributed by atoms with E-state index in [1.807, 2.05) is 0 Å². The smallest absolute Gasteiger partial charge is 0.253 e. The maximum atomic E-state index is 13.6. The fraction of sp³-hybridized carbons (Fsp3) is 0.300. The predicted molar refractivity (Wildman–Crippen MR) is 94.8 cm³/mol. The Morgan fingerprint density at radius 2 is 1.85 bits per heavy atom. The quantitative estimate of drug-likeness (QED) is 0.908. The van der Waals surface area contributed by atoms with Crippen LogP contribution in [0.4, 0.5) is 14.5 Å². The van der Waals surface area contributed by atoms with Crippen LogP contribution in [0.25, 0.3) is 0 Å². The number of hydrogen-bond acceptors (Lipinski definition) is 2. The molecule has 0 saturated carbocycles. The van der Waals surface area contributed by atoms with E-state index < -0.39 is 5.82 Å². The van der Waals surface area contributed by atoms with Gasteiger partial charge in [0, 0.05) is 24.3 Å². The Bertz CT molecular complexity index is 821. The Morgan fingerprint density at radius 3 is 2.54 bits per heavy atom. The van der Waals surface area contributed by atoms with E-state index in [2.05, 4.69) is 5.32 Å². The van der Waals surface area contributed by atoms with Crippen molar-refractivity contribution in [2.45, 2.75) is 19.8 Å². The number of nitrogens with one attached hydrogen (secondary N) is 1. The van der Waals surface area contributed by atoms with Crippen LogP contribution in [-0.2, 0) is 4.79 Å². The number of carbonyl (C=O) groups excluding carboxylic acids is 2. The summed E-state index contributed by atoms with van der Waals surface area (Å²) < 4.78 is 26.6. The number of hydrogen-bond donors (Lipinski definition) is 1. The zero-order valence-corrected chi connectivity index (χ0v) is 14.5. The van der Waals surface area contributed by atoms with Crippen LogP contribution in [0.3, 0.4) is 0 Å². The van der Waals surface area contributed by atoms with E-state index >= 15 is 0 Å². The predicted octanol–water partition coefficient (Wildman–Crippen LogP) is 3.76. The van der Waals surface area contributed by atoms with Crippen LogP contribution >= 0.6 is 0 Å². The molecule has 0 aromatic heterocycles. The molecule has 136 valence electrons. The van der Waals surface area contributed by atoms with Crippen molar-refractivity contribution in [3.63, 3.8) is 0 Å². The molecule has 4 nitrogen and oxygen atoms in total. The summed E-state index contributed by atoms with van der Waals surface area (Å²) in [5, 5.41) is 2.72. The minimum absolute atomic E-state index is 0.219. The van der Waals surface area contributed by atoms with Gasteiger partial charge in [0.05, 0.1) is 5.92 Å². The molecular weight excluding hydrogens is 338 g/mol. The van der Waals surface area contributed by atoms with Crippen molar-refractivity contribution in [2.75, 3.05) is 18.4 Å². The molecule has 1 atom stereocenters. The van der Waals surface area contributed by atoms with Crippen LogP contribution in [0, 0.1) is 24.5 Å². The third-order valence-electron chi connectivity index (χ3n) is 4.61. The van der Waals surface area contributed by atoms with Crippen LogP contribution in [0.5, 0.6) is 0 Å². The topological polar surface area (TPSA) is 49.4 Å². The SMILES string of the molecule is Cc1ccc(NC(=O)C2CCCN(C(=O)c3ccc(F)cc3)C2)cc1F. The Morgan fingerprint density at radius 1 is 1.12 bits per heavy atom. The summed E-state index contributed by atoms with van der Waals surface area (Å²) in [5.74, 6) is -1.59. The van der Waals surface area contributed by atoms with Crippen molar-refractivity contribution >= 4 is 17.5 Å². The highest BCUT2D eigenvalue weighted by Crippen LogP contribution is 2.21. The van der Waals surface area contributed by atoms with E-state index in [9.17, 15) is 18.4 Å². The lowest BCUT2D eigenvalue weighted by Gasteiger charge is -2.32. The lowest BCUT2D eigenvalue weighted by molar-refractivity contribution is -0.121.